The maximum atomic E-state index is 6.11. The SMILES string of the molecule is COc1cccc(OC[C@H]2[C@@H]3CC[C@@H](C3)N2Cc2ccccn2)c1. The molecule has 0 unspecified atom stereocenters. The first kappa shape index (κ1) is 15.5. The van der Waals surface area contributed by atoms with E-state index in [0.29, 0.717) is 12.1 Å². The highest BCUT2D eigenvalue weighted by Crippen LogP contribution is 2.43. The quantitative estimate of drug-likeness (QED) is 0.814. The summed E-state index contributed by atoms with van der Waals surface area (Å²) in [6.07, 6.45) is 5.83. The molecule has 1 saturated carbocycles. The number of pyridine rings is 1. The second-order valence-corrected chi connectivity index (χ2v) is 6.78. The standard InChI is InChI=1S/C20H24N2O2/c1-23-18-6-4-7-19(12-18)24-14-20-15-8-9-17(11-15)22(20)13-16-5-2-3-10-21-16/h2-7,10,12,15,17,20H,8-9,11,13-14H2,1H3/t15-,17+,20+/m1/s1. The fourth-order valence-electron chi connectivity index (χ4n) is 4.21. The van der Waals surface area contributed by atoms with Crippen LogP contribution in [-0.4, -0.2) is 35.7 Å². The van der Waals surface area contributed by atoms with E-state index in [-0.39, 0.29) is 0 Å². The van der Waals surface area contributed by atoms with Crippen LogP contribution in [0.3, 0.4) is 0 Å². The molecule has 126 valence electrons. The van der Waals surface area contributed by atoms with Crippen LogP contribution >= 0.6 is 0 Å². The van der Waals surface area contributed by atoms with E-state index in [1.54, 1.807) is 7.11 Å². The molecule has 0 spiro atoms. The van der Waals surface area contributed by atoms with E-state index in [4.69, 9.17) is 9.47 Å². The number of hydrogen-bond donors (Lipinski definition) is 0. The van der Waals surface area contributed by atoms with E-state index in [1.807, 2.05) is 36.5 Å². The van der Waals surface area contributed by atoms with Gasteiger partial charge in [-0.1, -0.05) is 12.1 Å². The zero-order valence-corrected chi connectivity index (χ0v) is 14.1. The minimum absolute atomic E-state index is 0.483. The van der Waals surface area contributed by atoms with Crippen LogP contribution in [0, 0.1) is 5.92 Å². The fourth-order valence-corrected chi connectivity index (χ4v) is 4.21. The van der Waals surface area contributed by atoms with Gasteiger partial charge in [-0.05, 0) is 49.4 Å². The van der Waals surface area contributed by atoms with Crippen LogP contribution in [0.4, 0.5) is 0 Å². The minimum atomic E-state index is 0.483. The molecule has 1 saturated heterocycles. The molecular formula is C20H24N2O2. The van der Waals surface area contributed by atoms with Crippen LogP contribution in [0.25, 0.3) is 0 Å². The second-order valence-electron chi connectivity index (χ2n) is 6.78. The lowest BCUT2D eigenvalue weighted by Gasteiger charge is -2.34. The summed E-state index contributed by atoms with van der Waals surface area (Å²) < 4.78 is 11.4. The van der Waals surface area contributed by atoms with Crippen molar-refractivity contribution in [3.05, 3.63) is 54.4 Å². The number of ether oxygens (including phenoxy) is 2. The molecule has 2 fully saturated rings. The van der Waals surface area contributed by atoms with Gasteiger partial charge in [0.25, 0.3) is 0 Å². The summed E-state index contributed by atoms with van der Waals surface area (Å²) in [5.41, 5.74) is 1.15. The van der Waals surface area contributed by atoms with Gasteiger partial charge in [0.15, 0.2) is 0 Å². The number of hydrogen-bond acceptors (Lipinski definition) is 4. The minimum Gasteiger partial charge on any atom is -0.497 e. The monoisotopic (exact) mass is 324 g/mol. The van der Waals surface area contributed by atoms with Crippen molar-refractivity contribution < 1.29 is 9.47 Å². The van der Waals surface area contributed by atoms with Crippen molar-refractivity contribution in [3.63, 3.8) is 0 Å². The Balaban J connectivity index is 1.44. The molecule has 4 rings (SSSR count). The van der Waals surface area contributed by atoms with E-state index in [9.17, 15) is 0 Å². The molecule has 1 aliphatic carbocycles. The van der Waals surface area contributed by atoms with Crippen LogP contribution < -0.4 is 9.47 Å². The average Bonchev–Trinajstić information content (AvgIpc) is 3.23. The van der Waals surface area contributed by atoms with Gasteiger partial charge in [-0.15, -0.1) is 0 Å². The lowest BCUT2D eigenvalue weighted by atomic mass is 9.99. The van der Waals surface area contributed by atoms with Crippen LogP contribution in [-0.2, 0) is 6.54 Å². The Hall–Kier alpha value is -2.07. The highest BCUT2D eigenvalue weighted by molar-refractivity contribution is 5.32. The second kappa shape index (κ2) is 6.81. The van der Waals surface area contributed by atoms with Crippen molar-refractivity contribution in [2.75, 3.05) is 13.7 Å². The fraction of sp³-hybridized carbons (Fsp3) is 0.450. The first-order valence-electron chi connectivity index (χ1n) is 8.76. The molecule has 2 heterocycles. The van der Waals surface area contributed by atoms with Gasteiger partial charge in [-0.2, -0.15) is 0 Å². The zero-order chi connectivity index (χ0) is 16.4. The summed E-state index contributed by atoms with van der Waals surface area (Å²) in [6, 6.07) is 15.2. The first-order chi connectivity index (χ1) is 11.8. The molecule has 0 N–H and O–H groups in total. The van der Waals surface area contributed by atoms with Crippen molar-refractivity contribution >= 4 is 0 Å². The molecule has 0 amide bonds. The molecule has 1 aliphatic heterocycles. The van der Waals surface area contributed by atoms with Crippen molar-refractivity contribution in [2.45, 2.75) is 37.9 Å². The molecule has 2 aromatic rings. The topological polar surface area (TPSA) is 34.6 Å². The number of methoxy groups -OCH3 is 1. The summed E-state index contributed by atoms with van der Waals surface area (Å²) in [7, 11) is 1.68. The van der Waals surface area contributed by atoms with E-state index >= 15 is 0 Å². The van der Waals surface area contributed by atoms with Gasteiger partial charge in [-0.25, -0.2) is 0 Å². The Morgan fingerprint density at radius 3 is 2.88 bits per heavy atom. The van der Waals surface area contributed by atoms with Gasteiger partial charge >= 0.3 is 0 Å². The third-order valence-corrected chi connectivity index (χ3v) is 5.42. The Morgan fingerprint density at radius 1 is 1.12 bits per heavy atom. The molecule has 4 nitrogen and oxygen atoms in total. The number of benzene rings is 1. The van der Waals surface area contributed by atoms with E-state index in [0.717, 1.165) is 36.3 Å². The molecule has 1 aromatic carbocycles. The Bertz CT molecular complexity index is 676. The van der Waals surface area contributed by atoms with Gasteiger partial charge < -0.3 is 9.47 Å². The van der Waals surface area contributed by atoms with Crippen molar-refractivity contribution in [1.82, 2.24) is 9.88 Å². The largest absolute Gasteiger partial charge is 0.497 e. The number of fused-ring (bicyclic) bond motifs is 2. The molecular weight excluding hydrogens is 300 g/mol. The number of piperidine rings is 1. The number of rotatable bonds is 6. The third-order valence-electron chi connectivity index (χ3n) is 5.42. The smallest absolute Gasteiger partial charge is 0.123 e. The molecule has 2 bridgehead atoms. The van der Waals surface area contributed by atoms with Crippen LogP contribution in [0.15, 0.2) is 48.7 Å². The molecule has 3 atom stereocenters. The van der Waals surface area contributed by atoms with Gasteiger partial charge in [0.2, 0.25) is 0 Å². The van der Waals surface area contributed by atoms with Crippen LogP contribution in [0.2, 0.25) is 0 Å². The Kier molecular flexibility index (Phi) is 4.39. The molecule has 1 aromatic heterocycles. The van der Waals surface area contributed by atoms with E-state index in [1.165, 1.54) is 19.3 Å². The lowest BCUT2D eigenvalue weighted by Crippen LogP contribution is -2.43. The van der Waals surface area contributed by atoms with Gasteiger partial charge in [0, 0.05) is 30.9 Å². The van der Waals surface area contributed by atoms with Gasteiger partial charge in [0.05, 0.1) is 12.8 Å². The van der Waals surface area contributed by atoms with E-state index in [2.05, 4.69) is 22.0 Å². The summed E-state index contributed by atoms with van der Waals surface area (Å²) in [5, 5.41) is 0. The average molecular weight is 324 g/mol. The first-order valence-corrected chi connectivity index (χ1v) is 8.76. The Morgan fingerprint density at radius 2 is 2.04 bits per heavy atom. The maximum Gasteiger partial charge on any atom is 0.123 e. The zero-order valence-electron chi connectivity index (χ0n) is 14.1. The molecule has 2 aliphatic rings. The van der Waals surface area contributed by atoms with Gasteiger partial charge in [0.1, 0.15) is 18.1 Å². The predicted octanol–water partition coefficient (Wildman–Crippen LogP) is 3.52. The summed E-state index contributed by atoms with van der Waals surface area (Å²) in [4.78, 5) is 7.11. The van der Waals surface area contributed by atoms with Gasteiger partial charge in [-0.3, -0.25) is 9.88 Å². The predicted molar refractivity (Wildman–Crippen MR) is 93.2 cm³/mol. The summed E-state index contributed by atoms with van der Waals surface area (Å²) >= 11 is 0. The van der Waals surface area contributed by atoms with Crippen LogP contribution in [0.1, 0.15) is 25.0 Å². The molecule has 24 heavy (non-hydrogen) atoms. The van der Waals surface area contributed by atoms with Crippen molar-refractivity contribution in [1.29, 1.82) is 0 Å². The summed E-state index contributed by atoms with van der Waals surface area (Å²) in [6.45, 7) is 1.66. The number of nitrogens with zero attached hydrogens (tertiary/aromatic N) is 2. The molecule has 0 radical (unpaired) electrons. The highest BCUT2D eigenvalue weighted by Gasteiger charge is 2.45. The Labute approximate surface area is 143 Å². The van der Waals surface area contributed by atoms with Crippen molar-refractivity contribution in [2.24, 2.45) is 5.92 Å². The highest BCUT2D eigenvalue weighted by atomic mass is 16.5. The third kappa shape index (κ3) is 3.11. The van der Waals surface area contributed by atoms with E-state index < -0.39 is 0 Å². The van der Waals surface area contributed by atoms with Crippen LogP contribution in [0.5, 0.6) is 11.5 Å². The number of likely N-dealkylation sites (tertiary alicyclic amines) is 1. The molecule has 4 heteroatoms. The normalized spacial score (nSPS) is 25.8. The maximum absolute atomic E-state index is 6.11. The summed E-state index contributed by atoms with van der Waals surface area (Å²) in [5.74, 6) is 2.48. The van der Waals surface area contributed by atoms with Crippen molar-refractivity contribution in [3.8, 4) is 11.5 Å². The number of aromatic nitrogens is 1. The lowest BCUT2D eigenvalue weighted by molar-refractivity contribution is 0.0855.